The fraction of sp³-hybridized carbons (Fsp3) is 0.462. The number of carbonyl (C=O) groups excluding carboxylic acids is 1. The molecule has 0 aliphatic carbocycles. The zero-order chi connectivity index (χ0) is 14.5. The lowest BCUT2D eigenvalue weighted by Crippen LogP contribution is -2.46. The average molecular weight is 280 g/mol. The molecule has 0 aromatic heterocycles. The van der Waals surface area contributed by atoms with Crippen LogP contribution < -0.4 is 0 Å². The van der Waals surface area contributed by atoms with Gasteiger partial charge in [-0.05, 0) is 5.56 Å². The molecular weight excluding hydrogens is 264 g/mol. The van der Waals surface area contributed by atoms with Crippen LogP contribution in [0.5, 0.6) is 0 Å². The number of hydrogen-bond donors (Lipinski definition) is 0. The Morgan fingerprint density at radius 2 is 2.20 bits per heavy atom. The summed E-state index contributed by atoms with van der Waals surface area (Å²) in [6.45, 7) is 2.26. The minimum Gasteiger partial charge on any atom is -0.467 e. The van der Waals surface area contributed by atoms with Gasteiger partial charge in [0, 0.05) is 31.8 Å². The highest BCUT2D eigenvalue weighted by atomic mass is 16.6. The van der Waals surface area contributed by atoms with Crippen LogP contribution in [0.2, 0.25) is 0 Å². The molecule has 0 saturated carbocycles. The quantitative estimate of drug-likeness (QED) is 0.464. The highest BCUT2D eigenvalue weighted by Gasteiger charge is 2.27. The van der Waals surface area contributed by atoms with Gasteiger partial charge in [0.15, 0.2) is 6.10 Å². The van der Waals surface area contributed by atoms with Crippen molar-refractivity contribution in [2.75, 3.05) is 26.8 Å². The fourth-order valence-corrected chi connectivity index (χ4v) is 2.10. The third-order valence-electron chi connectivity index (χ3n) is 3.17. The van der Waals surface area contributed by atoms with Crippen LogP contribution in [0.3, 0.4) is 0 Å². The molecule has 1 heterocycles. The molecule has 1 aromatic carbocycles. The molecule has 108 valence electrons. The van der Waals surface area contributed by atoms with Gasteiger partial charge < -0.3 is 9.47 Å². The standard InChI is InChI=1S/C13H16N2O5/c1-19-13(16)12-9-14(6-7-20-12)8-10-2-4-11(5-3-10)15(17)18/h2-5,12H,6-9H2,1H3. The van der Waals surface area contributed by atoms with E-state index in [9.17, 15) is 14.9 Å². The molecule has 1 aliphatic rings. The van der Waals surface area contributed by atoms with E-state index in [4.69, 9.17) is 4.74 Å². The van der Waals surface area contributed by atoms with Gasteiger partial charge in [-0.15, -0.1) is 0 Å². The molecular formula is C13H16N2O5. The van der Waals surface area contributed by atoms with E-state index in [1.54, 1.807) is 12.1 Å². The monoisotopic (exact) mass is 280 g/mol. The predicted molar refractivity (Wildman–Crippen MR) is 70.1 cm³/mol. The van der Waals surface area contributed by atoms with E-state index in [0.717, 1.165) is 5.56 Å². The summed E-state index contributed by atoms with van der Waals surface area (Å²) in [5, 5.41) is 10.6. The molecule has 1 atom stereocenters. The minimum absolute atomic E-state index is 0.0724. The molecule has 2 rings (SSSR count). The summed E-state index contributed by atoms with van der Waals surface area (Å²) in [5.74, 6) is -0.376. The van der Waals surface area contributed by atoms with Crippen LogP contribution >= 0.6 is 0 Å². The number of hydrogen-bond acceptors (Lipinski definition) is 6. The summed E-state index contributed by atoms with van der Waals surface area (Å²) in [6, 6.07) is 6.41. The van der Waals surface area contributed by atoms with Crippen molar-refractivity contribution in [2.45, 2.75) is 12.6 Å². The number of carbonyl (C=O) groups is 1. The number of methoxy groups -OCH3 is 1. The molecule has 1 aromatic rings. The Hall–Kier alpha value is -1.99. The summed E-state index contributed by atoms with van der Waals surface area (Å²) in [5.41, 5.74) is 1.03. The second-order valence-corrected chi connectivity index (χ2v) is 4.54. The average Bonchev–Trinajstić information content (AvgIpc) is 2.47. The Bertz CT molecular complexity index is 488. The van der Waals surface area contributed by atoms with Crippen molar-refractivity contribution in [2.24, 2.45) is 0 Å². The van der Waals surface area contributed by atoms with Crippen molar-refractivity contribution in [3.05, 3.63) is 39.9 Å². The van der Waals surface area contributed by atoms with Gasteiger partial charge in [0.2, 0.25) is 0 Å². The zero-order valence-electron chi connectivity index (χ0n) is 11.2. The molecule has 1 saturated heterocycles. The number of morpholine rings is 1. The maximum Gasteiger partial charge on any atom is 0.336 e. The molecule has 0 bridgehead atoms. The van der Waals surface area contributed by atoms with Crippen LogP contribution in [0.1, 0.15) is 5.56 Å². The van der Waals surface area contributed by atoms with E-state index in [0.29, 0.717) is 26.2 Å². The smallest absolute Gasteiger partial charge is 0.336 e. The normalized spacial score (nSPS) is 19.6. The first-order valence-corrected chi connectivity index (χ1v) is 6.25. The van der Waals surface area contributed by atoms with Crippen molar-refractivity contribution in [3.8, 4) is 0 Å². The molecule has 0 spiro atoms. The van der Waals surface area contributed by atoms with Gasteiger partial charge in [0.1, 0.15) is 0 Å². The largest absolute Gasteiger partial charge is 0.467 e. The van der Waals surface area contributed by atoms with E-state index >= 15 is 0 Å². The number of nitro benzene ring substituents is 1. The van der Waals surface area contributed by atoms with Crippen LogP contribution in [0.4, 0.5) is 5.69 Å². The van der Waals surface area contributed by atoms with E-state index in [1.807, 2.05) is 0 Å². The molecule has 20 heavy (non-hydrogen) atoms. The summed E-state index contributed by atoms with van der Waals surface area (Å²) in [4.78, 5) is 23.7. The van der Waals surface area contributed by atoms with Gasteiger partial charge in [-0.3, -0.25) is 15.0 Å². The van der Waals surface area contributed by atoms with Crippen LogP contribution in [-0.2, 0) is 20.8 Å². The first-order valence-electron chi connectivity index (χ1n) is 6.25. The Balaban J connectivity index is 1.95. The number of nitro groups is 1. The summed E-state index contributed by atoms with van der Waals surface area (Å²) in [7, 11) is 1.33. The maximum atomic E-state index is 11.4. The Kier molecular flexibility index (Phi) is 4.65. The highest BCUT2D eigenvalue weighted by Crippen LogP contribution is 2.15. The van der Waals surface area contributed by atoms with Gasteiger partial charge in [-0.25, -0.2) is 4.79 Å². The minimum atomic E-state index is -0.563. The number of nitrogens with zero attached hydrogens (tertiary/aromatic N) is 2. The van der Waals surface area contributed by atoms with Crippen molar-refractivity contribution in [1.82, 2.24) is 4.90 Å². The van der Waals surface area contributed by atoms with Gasteiger partial charge in [-0.1, -0.05) is 12.1 Å². The Labute approximate surface area is 116 Å². The van der Waals surface area contributed by atoms with Crippen LogP contribution in [0.15, 0.2) is 24.3 Å². The number of benzene rings is 1. The molecule has 7 nitrogen and oxygen atoms in total. The van der Waals surface area contributed by atoms with Gasteiger partial charge in [0.05, 0.1) is 18.6 Å². The first-order chi connectivity index (χ1) is 9.60. The first kappa shape index (κ1) is 14.4. The van der Waals surface area contributed by atoms with Gasteiger partial charge >= 0.3 is 5.97 Å². The van der Waals surface area contributed by atoms with Crippen LogP contribution in [0.25, 0.3) is 0 Å². The SMILES string of the molecule is COC(=O)C1CN(Cc2ccc([N+](=O)[O-])cc2)CCO1. The maximum absolute atomic E-state index is 11.4. The summed E-state index contributed by atoms with van der Waals surface area (Å²) in [6.07, 6.45) is -0.563. The van der Waals surface area contributed by atoms with Gasteiger partial charge in [0.25, 0.3) is 5.69 Å². The Morgan fingerprint density at radius 1 is 1.50 bits per heavy atom. The van der Waals surface area contributed by atoms with Crippen LogP contribution in [-0.4, -0.2) is 48.7 Å². The van der Waals surface area contributed by atoms with Crippen LogP contribution in [0, 0.1) is 10.1 Å². The summed E-state index contributed by atoms with van der Waals surface area (Å²) >= 11 is 0. The molecule has 0 amide bonds. The lowest BCUT2D eigenvalue weighted by atomic mass is 10.1. The molecule has 1 aliphatic heterocycles. The lowest BCUT2D eigenvalue weighted by molar-refractivity contribution is -0.384. The second kappa shape index (κ2) is 6.44. The predicted octanol–water partition coefficient (Wildman–Crippen LogP) is 0.969. The van der Waals surface area contributed by atoms with E-state index < -0.39 is 11.0 Å². The molecule has 7 heteroatoms. The van der Waals surface area contributed by atoms with Crippen molar-refractivity contribution >= 4 is 11.7 Å². The van der Waals surface area contributed by atoms with E-state index in [1.165, 1.54) is 19.2 Å². The third kappa shape index (κ3) is 3.52. The number of ether oxygens (including phenoxy) is 2. The number of esters is 1. The molecule has 0 N–H and O–H groups in total. The van der Waals surface area contributed by atoms with Crippen molar-refractivity contribution in [1.29, 1.82) is 0 Å². The van der Waals surface area contributed by atoms with E-state index in [-0.39, 0.29) is 11.7 Å². The van der Waals surface area contributed by atoms with Gasteiger partial charge in [-0.2, -0.15) is 0 Å². The highest BCUT2D eigenvalue weighted by molar-refractivity contribution is 5.74. The summed E-state index contributed by atoms with van der Waals surface area (Å²) < 4.78 is 10.0. The van der Waals surface area contributed by atoms with Crippen molar-refractivity contribution in [3.63, 3.8) is 0 Å². The molecule has 0 radical (unpaired) electrons. The van der Waals surface area contributed by atoms with E-state index in [2.05, 4.69) is 9.64 Å². The third-order valence-corrected chi connectivity index (χ3v) is 3.17. The van der Waals surface area contributed by atoms with Crippen molar-refractivity contribution < 1.29 is 19.2 Å². The fourth-order valence-electron chi connectivity index (χ4n) is 2.10. The topological polar surface area (TPSA) is 81.9 Å². The number of non-ortho nitro benzene ring substituents is 1. The lowest BCUT2D eigenvalue weighted by Gasteiger charge is -2.31. The Morgan fingerprint density at radius 3 is 2.80 bits per heavy atom. The molecule has 1 unspecified atom stereocenters. The number of rotatable bonds is 4. The second-order valence-electron chi connectivity index (χ2n) is 4.54. The zero-order valence-corrected chi connectivity index (χ0v) is 11.2. The molecule has 1 fully saturated rings.